The van der Waals surface area contributed by atoms with Crippen molar-refractivity contribution in [3.05, 3.63) is 56.5 Å². The van der Waals surface area contributed by atoms with Gasteiger partial charge in [0.2, 0.25) is 0 Å². The van der Waals surface area contributed by atoms with E-state index >= 15 is 0 Å². The lowest BCUT2D eigenvalue weighted by molar-refractivity contribution is 0.595. The fraction of sp³-hybridized carbons (Fsp3) is 0.0769. The van der Waals surface area contributed by atoms with Crippen molar-refractivity contribution in [3.8, 4) is 0 Å². The predicted octanol–water partition coefficient (Wildman–Crippen LogP) is 4.31. The van der Waals surface area contributed by atoms with E-state index in [4.69, 9.17) is 28.9 Å². The lowest BCUT2D eigenvalue weighted by Crippen LogP contribution is -2.06. The van der Waals surface area contributed by atoms with Crippen molar-refractivity contribution in [2.75, 3.05) is 5.73 Å². The molecule has 0 atom stereocenters. The number of rotatable bonds is 3. The van der Waals surface area contributed by atoms with Gasteiger partial charge in [-0.15, -0.1) is 0 Å². The SMILES string of the molecule is Nc1ccc(S(=O)(=O)Cc2ccc(Cl)c(Cl)c2)c(Br)c1. The van der Waals surface area contributed by atoms with Gasteiger partial charge in [-0.2, -0.15) is 0 Å². The van der Waals surface area contributed by atoms with Gasteiger partial charge in [0.1, 0.15) is 0 Å². The average molecular weight is 395 g/mol. The van der Waals surface area contributed by atoms with Crippen LogP contribution in [0.15, 0.2) is 45.8 Å². The van der Waals surface area contributed by atoms with E-state index in [1.54, 1.807) is 30.3 Å². The number of nitrogen functional groups attached to an aromatic ring is 1. The summed E-state index contributed by atoms with van der Waals surface area (Å²) >= 11 is 14.9. The first-order valence-electron chi connectivity index (χ1n) is 5.51. The third-order valence-corrected chi connectivity index (χ3v) is 6.03. The molecule has 20 heavy (non-hydrogen) atoms. The minimum Gasteiger partial charge on any atom is -0.399 e. The highest BCUT2D eigenvalue weighted by Crippen LogP contribution is 2.29. The summed E-state index contributed by atoms with van der Waals surface area (Å²) in [5.74, 6) is -0.160. The van der Waals surface area contributed by atoms with Crippen molar-refractivity contribution in [3.63, 3.8) is 0 Å². The molecule has 0 aliphatic rings. The largest absolute Gasteiger partial charge is 0.399 e. The molecule has 2 aromatic rings. The summed E-state index contributed by atoms with van der Waals surface area (Å²) < 4.78 is 25.2. The van der Waals surface area contributed by atoms with E-state index in [2.05, 4.69) is 15.9 Å². The van der Waals surface area contributed by atoms with Gasteiger partial charge in [-0.05, 0) is 51.8 Å². The minimum atomic E-state index is -3.49. The molecule has 0 aliphatic carbocycles. The van der Waals surface area contributed by atoms with Crippen LogP contribution in [0.3, 0.4) is 0 Å². The van der Waals surface area contributed by atoms with Crippen LogP contribution in [0.4, 0.5) is 5.69 Å². The average Bonchev–Trinajstić information content (AvgIpc) is 2.33. The molecule has 2 aromatic carbocycles. The van der Waals surface area contributed by atoms with E-state index in [1.807, 2.05) is 0 Å². The van der Waals surface area contributed by atoms with Crippen LogP contribution in [-0.2, 0) is 15.6 Å². The van der Waals surface area contributed by atoms with Crippen LogP contribution in [0.5, 0.6) is 0 Å². The van der Waals surface area contributed by atoms with Crippen molar-refractivity contribution in [2.45, 2.75) is 10.6 Å². The molecule has 2 rings (SSSR count). The smallest absolute Gasteiger partial charge is 0.183 e. The van der Waals surface area contributed by atoms with Gasteiger partial charge in [-0.1, -0.05) is 29.3 Å². The molecule has 7 heteroatoms. The van der Waals surface area contributed by atoms with Crippen molar-refractivity contribution >= 4 is 54.7 Å². The van der Waals surface area contributed by atoms with Gasteiger partial charge in [0.25, 0.3) is 0 Å². The van der Waals surface area contributed by atoms with Crippen molar-refractivity contribution in [1.82, 2.24) is 0 Å². The zero-order chi connectivity index (χ0) is 14.9. The molecular weight excluding hydrogens is 385 g/mol. The first-order valence-corrected chi connectivity index (χ1v) is 8.71. The predicted molar refractivity (Wildman–Crippen MR) is 85.9 cm³/mol. The summed E-state index contributed by atoms with van der Waals surface area (Å²) in [6.45, 7) is 0. The Morgan fingerprint density at radius 2 is 1.75 bits per heavy atom. The molecule has 0 unspecified atom stereocenters. The molecule has 0 bridgehead atoms. The van der Waals surface area contributed by atoms with Crippen LogP contribution in [0, 0.1) is 0 Å². The third kappa shape index (κ3) is 3.47. The van der Waals surface area contributed by atoms with E-state index in [0.717, 1.165) is 0 Å². The van der Waals surface area contributed by atoms with Crippen LogP contribution in [-0.4, -0.2) is 8.42 Å². The van der Waals surface area contributed by atoms with Gasteiger partial charge < -0.3 is 5.73 Å². The Balaban J connectivity index is 2.38. The molecule has 106 valence electrons. The van der Waals surface area contributed by atoms with Crippen LogP contribution >= 0.6 is 39.1 Å². The first-order chi connectivity index (χ1) is 9.29. The van der Waals surface area contributed by atoms with Crippen molar-refractivity contribution < 1.29 is 8.42 Å². The number of hydrogen-bond acceptors (Lipinski definition) is 3. The number of anilines is 1. The Morgan fingerprint density at radius 1 is 1.05 bits per heavy atom. The second kappa shape index (κ2) is 5.93. The molecule has 0 saturated carbocycles. The molecule has 3 nitrogen and oxygen atoms in total. The fourth-order valence-corrected chi connectivity index (χ4v) is 4.56. The maximum absolute atomic E-state index is 12.4. The van der Waals surface area contributed by atoms with Crippen LogP contribution < -0.4 is 5.73 Å². The van der Waals surface area contributed by atoms with Crippen molar-refractivity contribution in [1.29, 1.82) is 0 Å². The number of hydrogen-bond donors (Lipinski definition) is 1. The fourth-order valence-electron chi connectivity index (χ4n) is 1.70. The maximum atomic E-state index is 12.4. The zero-order valence-electron chi connectivity index (χ0n) is 10.1. The molecule has 0 heterocycles. The monoisotopic (exact) mass is 393 g/mol. The minimum absolute atomic E-state index is 0.160. The molecule has 0 aliphatic heterocycles. The van der Waals surface area contributed by atoms with E-state index in [1.165, 1.54) is 6.07 Å². The maximum Gasteiger partial charge on any atom is 0.183 e. The molecule has 0 aromatic heterocycles. The molecule has 0 saturated heterocycles. The van der Waals surface area contributed by atoms with Crippen LogP contribution in [0.2, 0.25) is 10.0 Å². The van der Waals surface area contributed by atoms with E-state index in [0.29, 0.717) is 25.8 Å². The Labute approximate surface area is 135 Å². The van der Waals surface area contributed by atoms with Crippen LogP contribution in [0.1, 0.15) is 5.56 Å². The number of sulfone groups is 1. The Bertz CT molecular complexity index is 763. The molecule has 2 N–H and O–H groups in total. The van der Waals surface area contributed by atoms with Gasteiger partial charge in [-0.3, -0.25) is 0 Å². The second-order valence-electron chi connectivity index (χ2n) is 4.20. The van der Waals surface area contributed by atoms with Gasteiger partial charge in [0.05, 0.1) is 20.7 Å². The highest BCUT2D eigenvalue weighted by atomic mass is 79.9. The van der Waals surface area contributed by atoms with Gasteiger partial charge in [0.15, 0.2) is 9.84 Å². The van der Waals surface area contributed by atoms with E-state index in [9.17, 15) is 8.42 Å². The van der Waals surface area contributed by atoms with Gasteiger partial charge in [0, 0.05) is 10.2 Å². The summed E-state index contributed by atoms with van der Waals surface area (Å²) in [5, 5.41) is 0.720. The van der Waals surface area contributed by atoms with E-state index < -0.39 is 9.84 Å². The number of nitrogens with two attached hydrogens (primary N) is 1. The van der Waals surface area contributed by atoms with Gasteiger partial charge in [-0.25, -0.2) is 8.42 Å². The first kappa shape index (κ1) is 15.6. The topological polar surface area (TPSA) is 60.2 Å². The molecule has 0 amide bonds. The Morgan fingerprint density at radius 3 is 2.35 bits per heavy atom. The zero-order valence-corrected chi connectivity index (χ0v) is 14.0. The van der Waals surface area contributed by atoms with E-state index in [-0.39, 0.29) is 10.6 Å². The summed E-state index contributed by atoms with van der Waals surface area (Å²) in [6.07, 6.45) is 0. The number of halogens is 3. The molecule has 0 radical (unpaired) electrons. The Kier molecular flexibility index (Phi) is 4.64. The quantitative estimate of drug-likeness (QED) is 0.789. The van der Waals surface area contributed by atoms with Crippen molar-refractivity contribution in [2.24, 2.45) is 0 Å². The molecular formula is C13H10BrCl2NO2S. The molecule has 0 fully saturated rings. The van der Waals surface area contributed by atoms with Crippen LogP contribution in [0.25, 0.3) is 0 Å². The second-order valence-corrected chi connectivity index (χ2v) is 7.82. The lowest BCUT2D eigenvalue weighted by atomic mass is 10.2. The highest BCUT2D eigenvalue weighted by molar-refractivity contribution is 9.10. The standard InChI is InChI=1S/C13H10BrCl2NO2S/c14-10-6-9(17)2-4-13(10)20(18,19)7-8-1-3-11(15)12(16)5-8/h1-6H,7,17H2. The number of benzene rings is 2. The summed E-state index contributed by atoms with van der Waals surface area (Å²) in [6, 6.07) is 9.34. The third-order valence-electron chi connectivity index (χ3n) is 2.63. The normalized spacial score (nSPS) is 11.6. The summed E-state index contributed by atoms with van der Waals surface area (Å²) in [7, 11) is -3.49. The Hall–Kier alpha value is -0.750. The lowest BCUT2D eigenvalue weighted by Gasteiger charge is -2.08. The highest BCUT2D eigenvalue weighted by Gasteiger charge is 2.19. The van der Waals surface area contributed by atoms with Gasteiger partial charge >= 0.3 is 0 Å². The molecule has 0 spiro atoms. The summed E-state index contributed by atoms with van der Waals surface area (Å²) in [4.78, 5) is 0.192. The summed E-state index contributed by atoms with van der Waals surface area (Å²) in [5.41, 5.74) is 6.67.